The Morgan fingerprint density at radius 3 is 2.65 bits per heavy atom. The van der Waals surface area contributed by atoms with Gasteiger partial charge in [-0.15, -0.1) is 0 Å². The minimum Gasteiger partial charge on any atom is -0.370 e. The van der Waals surface area contributed by atoms with Crippen LogP contribution in [0.2, 0.25) is 0 Å². The molecule has 4 heteroatoms. The van der Waals surface area contributed by atoms with Crippen molar-refractivity contribution in [1.82, 2.24) is 9.97 Å². The lowest BCUT2D eigenvalue weighted by molar-refractivity contribution is 0.518. The first-order valence-corrected chi connectivity index (χ1v) is 7.30. The Morgan fingerprint density at radius 2 is 2.06 bits per heavy atom. The fourth-order valence-corrected chi connectivity index (χ4v) is 2.27. The van der Waals surface area contributed by atoms with Crippen LogP contribution < -0.4 is 5.32 Å². The van der Waals surface area contributed by atoms with E-state index in [2.05, 4.69) is 45.1 Å². The molecule has 0 atom stereocenters. The Morgan fingerprint density at radius 1 is 1.35 bits per heavy atom. The number of rotatable bonds is 6. The Hall–Kier alpha value is -0.640. The van der Waals surface area contributed by atoms with Crippen LogP contribution in [0.5, 0.6) is 0 Å². The van der Waals surface area contributed by atoms with Gasteiger partial charge in [0, 0.05) is 18.5 Å². The summed E-state index contributed by atoms with van der Waals surface area (Å²) in [5.41, 5.74) is 0. The van der Waals surface area contributed by atoms with E-state index in [1.807, 2.05) is 6.07 Å². The van der Waals surface area contributed by atoms with Gasteiger partial charge in [0.2, 0.25) is 0 Å². The monoisotopic (exact) mass is 297 g/mol. The third kappa shape index (κ3) is 3.66. The first kappa shape index (κ1) is 12.8. The lowest BCUT2D eigenvalue weighted by atomic mass is 10.0. The number of nitrogens with zero attached hydrogens (tertiary/aromatic N) is 2. The van der Waals surface area contributed by atoms with Gasteiger partial charge < -0.3 is 5.32 Å². The number of aromatic nitrogens is 2. The topological polar surface area (TPSA) is 37.8 Å². The largest absolute Gasteiger partial charge is 0.370 e. The van der Waals surface area contributed by atoms with Crippen molar-refractivity contribution in [3.05, 3.63) is 16.5 Å². The fraction of sp³-hybridized carbons (Fsp3) is 0.692. The lowest BCUT2D eigenvalue weighted by Crippen LogP contribution is -2.14. The number of halogens is 1. The van der Waals surface area contributed by atoms with Crippen molar-refractivity contribution in [3.8, 4) is 0 Å². The van der Waals surface area contributed by atoms with Crippen LogP contribution in [0.1, 0.15) is 51.3 Å². The highest BCUT2D eigenvalue weighted by molar-refractivity contribution is 9.10. The van der Waals surface area contributed by atoms with Crippen molar-refractivity contribution >= 4 is 21.7 Å². The molecule has 0 aromatic carbocycles. The Kier molecular flexibility index (Phi) is 4.37. The van der Waals surface area contributed by atoms with Crippen LogP contribution >= 0.6 is 15.9 Å². The van der Waals surface area contributed by atoms with Gasteiger partial charge in [-0.3, -0.25) is 0 Å². The van der Waals surface area contributed by atoms with E-state index in [4.69, 9.17) is 0 Å². The van der Waals surface area contributed by atoms with Gasteiger partial charge in [-0.25, -0.2) is 9.97 Å². The Labute approximate surface area is 112 Å². The molecule has 1 aliphatic rings. The van der Waals surface area contributed by atoms with Crippen LogP contribution in [0.4, 0.5) is 5.82 Å². The summed E-state index contributed by atoms with van der Waals surface area (Å²) in [4.78, 5) is 9.01. The highest BCUT2D eigenvalue weighted by Crippen LogP contribution is 2.38. The highest BCUT2D eigenvalue weighted by Gasteiger charge is 2.27. The van der Waals surface area contributed by atoms with Crippen molar-refractivity contribution in [2.45, 2.75) is 45.4 Å². The summed E-state index contributed by atoms with van der Waals surface area (Å²) in [6.07, 6.45) is 4.90. The quantitative estimate of drug-likeness (QED) is 0.808. The van der Waals surface area contributed by atoms with Gasteiger partial charge >= 0.3 is 0 Å². The second-order valence-corrected chi connectivity index (χ2v) is 5.58. The lowest BCUT2D eigenvalue weighted by Gasteiger charge is -2.14. The van der Waals surface area contributed by atoms with E-state index in [1.54, 1.807) is 0 Å². The SMILES string of the molecule is CCC(CC)CNc1cc(Br)nc(C2CC2)n1. The van der Waals surface area contributed by atoms with Crippen LogP contribution in [-0.2, 0) is 0 Å². The molecule has 0 aliphatic heterocycles. The average Bonchev–Trinajstić information content (AvgIpc) is 3.13. The molecular formula is C13H20BrN3. The zero-order valence-electron chi connectivity index (χ0n) is 10.5. The number of nitrogens with one attached hydrogen (secondary N) is 1. The molecule has 1 fully saturated rings. The van der Waals surface area contributed by atoms with E-state index in [1.165, 1.54) is 25.7 Å². The van der Waals surface area contributed by atoms with E-state index in [0.29, 0.717) is 5.92 Å². The summed E-state index contributed by atoms with van der Waals surface area (Å²) in [6.45, 7) is 5.48. The highest BCUT2D eigenvalue weighted by atomic mass is 79.9. The van der Waals surface area contributed by atoms with Crippen LogP contribution in [0, 0.1) is 5.92 Å². The van der Waals surface area contributed by atoms with Gasteiger partial charge in [0.15, 0.2) is 0 Å². The second kappa shape index (κ2) is 5.80. The maximum atomic E-state index is 4.58. The van der Waals surface area contributed by atoms with Gasteiger partial charge in [-0.2, -0.15) is 0 Å². The molecule has 3 nitrogen and oxygen atoms in total. The molecular weight excluding hydrogens is 278 g/mol. The summed E-state index contributed by atoms with van der Waals surface area (Å²) >= 11 is 3.46. The summed E-state index contributed by atoms with van der Waals surface area (Å²) in [6, 6.07) is 1.97. The normalized spacial score (nSPS) is 15.3. The van der Waals surface area contributed by atoms with Crippen LogP contribution in [0.3, 0.4) is 0 Å². The second-order valence-electron chi connectivity index (χ2n) is 4.77. The molecule has 0 saturated heterocycles. The maximum absolute atomic E-state index is 4.58. The van der Waals surface area contributed by atoms with Crippen molar-refractivity contribution in [2.75, 3.05) is 11.9 Å². The fourth-order valence-electron chi connectivity index (χ4n) is 1.88. The van der Waals surface area contributed by atoms with E-state index in [0.717, 1.165) is 28.7 Å². The molecule has 0 amide bonds. The predicted octanol–water partition coefficient (Wildman–Crippen LogP) is 3.96. The molecule has 0 unspecified atom stereocenters. The van der Waals surface area contributed by atoms with Gasteiger partial charge in [0.1, 0.15) is 16.2 Å². The number of hydrogen-bond acceptors (Lipinski definition) is 3. The smallest absolute Gasteiger partial charge is 0.135 e. The van der Waals surface area contributed by atoms with Crippen LogP contribution in [-0.4, -0.2) is 16.5 Å². The Balaban J connectivity index is 1.99. The van der Waals surface area contributed by atoms with Crippen molar-refractivity contribution < 1.29 is 0 Å². The molecule has 1 saturated carbocycles. The standard InChI is InChI=1S/C13H20BrN3/c1-3-9(4-2)8-15-12-7-11(14)16-13(17-12)10-5-6-10/h7,9-10H,3-6,8H2,1-2H3,(H,15,16,17). The van der Waals surface area contributed by atoms with E-state index in [9.17, 15) is 0 Å². The van der Waals surface area contributed by atoms with Gasteiger partial charge in [0.05, 0.1) is 0 Å². The van der Waals surface area contributed by atoms with E-state index in [-0.39, 0.29) is 0 Å². The molecule has 94 valence electrons. The third-order valence-electron chi connectivity index (χ3n) is 3.38. The zero-order valence-corrected chi connectivity index (χ0v) is 12.1. The van der Waals surface area contributed by atoms with Crippen LogP contribution in [0.25, 0.3) is 0 Å². The molecule has 0 radical (unpaired) electrons. The molecule has 1 N–H and O–H groups in total. The minimum atomic E-state index is 0.598. The predicted molar refractivity (Wildman–Crippen MR) is 74.3 cm³/mol. The zero-order chi connectivity index (χ0) is 12.3. The molecule has 2 rings (SSSR count). The van der Waals surface area contributed by atoms with Crippen molar-refractivity contribution in [3.63, 3.8) is 0 Å². The summed E-state index contributed by atoms with van der Waals surface area (Å²) < 4.78 is 0.890. The third-order valence-corrected chi connectivity index (χ3v) is 3.79. The van der Waals surface area contributed by atoms with Crippen LogP contribution in [0.15, 0.2) is 10.7 Å². The van der Waals surface area contributed by atoms with Gasteiger partial charge in [-0.05, 0) is 34.7 Å². The summed E-state index contributed by atoms with van der Waals surface area (Å²) in [5.74, 6) is 3.28. The molecule has 1 aliphatic carbocycles. The summed E-state index contributed by atoms with van der Waals surface area (Å²) in [5, 5.41) is 3.43. The van der Waals surface area contributed by atoms with Crippen molar-refractivity contribution in [2.24, 2.45) is 5.92 Å². The first-order chi connectivity index (χ1) is 8.22. The first-order valence-electron chi connectivity index (χ1n) is 6.51. The molecule has 0 bridgehead atoms. The molecule has 17 heavy (non-hydrogen) atoms. The number of hydrogen-bond donors (Lipinski definition) is 1. The molecule has 0 spiro atoms. The van der Waals surface area contributed by atoms with E-state index >= 15 is 0 Å². The molecule has 1 aromatic rings. The van der Waals surface area contributed by atoms with Gasteiger partial charge in [-0.1, -0.05) is 26.7 Å². The molecule has 1 aromatic heterocycles. The number of anilines is 1. The summed E-state index contributed by atoms with van der Waals surface area (Å²) in [7, 11) is 0. The minimum absolute atomic E-state index is 0.598. The Bertz CT molecular complexity index is 373. The van der Waals surface area contributed by atoms with E-state index < -0.39 is 0 Å². The average molecular weight is 298 g/mol. The van der Waals surface area contributed by atoms with Crippen molar-refractivity contribution in [1.29, 1.82) is 0 Å². The van der Waals surface area contributed by atoms with Gasteiger partial charge in [0.25, 0.3) is 0 Å². The maximum Gasteiger partial charge on any atom is 0.135 e. The molecule has 1 heterocycles.